The van der Waals surface area contributed by atoms with Crippen LogP contribution >= 0.6 is 11.3 Å². The maximum Gasteiger partial charge on any atom is 0.209 e. The molecule has 0 amide bonds. The highest BCUT2D eigenvalue weighted by Crippen LogP contribution is 2.30. The molecule has 0 spiro atoms. The maximum atomic E-state index is 13.8. The number of hydrogen-bond acceptors (Lipinski definition) is 5. The van der Waals surface area contributed by atoms with Crippen molar-refractivity contribution in [3.63, 3.8) is 0 Å². The molecule has 3 rings (SSSR count). The Morgan fingerprint density at radius 3 is 2.70 bits per heavy atom. The van der Waals surface area contributed by atoms with Crippen LogP contribution < -0.4 is 11.1 Å². The Balaban J connectivity index is 1.81. The molecule has 1 aliphatic carbocycles. The smallest absolute Gasteiger partial charge is 0.209 e. The number of halogens is 2. The number of benzene rings is 1. The first kappa shape index (κ1) is 15.9. The number of nitrogen functional groups attached to an aromatic ring is 1. The number of anilines is 2. The van der Waals surface area contributed by atoms with Crippen LogP contribution in [0.4, 0.5) is 19.7 Å². The molecule has 1 saturated carbocycles. The van der Waals surface area contributed by atoms with Gasteiger partial charge in [-0.15, -0.1) is 0 Å². The van der Waals surface area contributed by atoms with Gasteiger partial charge in [0.2, 0.25) is 5.78 Å². The normalized spacial score (nSPS) is 15.6. The lowest BCUT2D eigenvalue weighted by Crippen LogP contribution is -2.22. The van der Waals surface area contributed by atoms with Crippen molar-refractivity contribution in [1.82, 2.24) is 4.98 Å². The van der Waals surface area contributed by atoms with Gasteiger partial charge in [-0.2, -0.15) is 0 Å². The third-order valence-electron chi connectivity index (χ3n) is 3.97. The Hall–Kier alpha value is -2.02. The molecule has 1 heterocycles. The molecule has 1 aromatic carbocycles. The van der Waals surface area contributed by atoms with Crippen molar-refractivity contribution in [3.8, 4) is 0 Å². The Morgan fingerprint density at radius 2 is 2.00 bits per heavy atom. The van der Waals surface area contributed by atoms with Gasteiger partial charge in [0.25, 0.3) is 0 Å². The topological polar surface area (TPSA) is 68.0 Å². The van der Waals surface area contributed by atoms with Crippen LogP contribution in [0.25, 0.3) is 0 Å². The second kappa shape index (κ2) is 6.62. The van der Waals surface area contributed by atoms with Crippen molar-refractivity contribution in [2.45, 2.75) is 38.1 Å². The van der Waals surface area contributed by atoms with Crippen LogP contribution in [0, 0.1) is 11.6 Å². The van der Waals surface area contributed by atoms with Crippen LogP contribution in [-0.4, -0.2) is 16.8 Å². The zero-order valence-corrected chi connectivity index (χ0v) is 13.3. The number of carbonyl (C=O) groups is 1. The molecule has 0 saturated heterocycles. The van der Waals surface area contributed by atoms with Crippen molar-refractivity contribution >= 4 is 28.1 Å². The van der Waals surface area contributed by atoms with Gasteiger partial charge in [0.1, 0.15) is 22.3 Å². The molecule has 0 bridgehead atoms. The van der Waals surface area contributed by atoms with Gasteiger partial charge in [0, 0.05) is 12.1 Å². The van der Waals surface area contributed by atoms with Crippen molar-refractivity contribution in [2.24, 2.45) is 0 Å². The fourth-order valence-electron chi connectivity index (χ4n) is 2.77. The third kappa shape index (κ3) is 3.50. The molecular formula is C16H17F2N3OS. The quantitative estimate of drug-likeness (QED) is 0.828. The molecule has 0 unspecified atom stereocenters. The average molecular weight is 337 g/mol. The Bertz CT molecular complexity index is 726. The monoisotopic (exact) mass is 337 g/mol. The van der Waals surface area contributed by atoms with Crippen molar-refractivity contribution in [3.05, 3.63) is 40.3 Å². The molecule has 1 fully saturated rings. The van der Waals surface area contributed by atoms with Crippen LogP contribution in [0.1, 0.15) is 47.3 Å². The van der Waals surface area contributed by atoms with E-state index in [1.807, 2.05) is 0 Å². The lowest BCUT2D eigenvalue weighted by molar-refractivity contribution is 0.103. The second-order valence-electron chi connectivity index (χ2n) is 5.67. The molecular weight excluding hydrogens is 320 g/mol. The summed E-state index contributed by atoms with van der Waals surface area (Å²) >= 11 is 1.11. The summed E-state index contributed by atoms with van der Waals surface area (Å²) in [5, 5.41) is 3.86. The van der Waals surface area contributed by atoms with Gasteiger partial charge in [-0.1, -0.05) is 30.6 Å². The summed E-state index contributed by atoms with van der Waals surface area (Å²) < 4.78 is 26.7. The lowest BCUT2D eigenvalue weighted by Gasteiger charge is -2.22. The summed E-state index contributed by atoms with van der Waals surface area (Å²) in [7, 11) is 0. The zero-order chi connectivity index (χ0) is 16.4. The fraction of sp³-hybridized carbons (Fsp3) is 0.375. The summed E-state index contributed by atoms with van der Waals surface area (Å²) in [5.41, 5.74) is 5.60. The minimum atomic E-state index is -0.899. The van der Waals surface area contributed by atoms with E-state index in [0.717, 1.165) is 36.3 Å². The van der Waals surface area contributed by atoms with E-state index in [0.29, 0.717) is 17.2 Å². The van der Waals surface area contributed by atoms with Gasteiger partial charge in [-0.3, -0.25) is 4.79 Å². The van der Waals surface area contributed by atoms with E-state index in [-0.39, 0.29) is 16.3 Å². The molecule has 122 valence electrons. The number of nitrogens with two attached hydrogens (primary N) is 1. The zero-order valence-electron chi connectivity index (χ0n) is 12.4. The third-order valence-corrected chi connectivity index (χ3v) is 4.97. The summed E-state index contributed by atoms with van der Waals surface area (Å²) in [6, 6.07) is 3.20. The van der Waals surface area contributed by atoms with Gasteiger partial charge in [-0.25, -0.2) is 13.8 Å². The number of carbonyl (C=O) groups excluding carboxylic acids is 1. The molecule has 2 aromatic rings. The Kier molecular flexibility index (Phi) is 4.56. The predicted molar refractivity (Wildman–Crippen MR) is 86.8 cm³/mol. The summed E-state index contributed by atoms with van der Waals surface area (Å²) in [4.78, 5) is 16.7. The lowest BCUT2D eigenvalue weighted by atomic mass is 9.96. The Labute approximate surface area is 136 Å². The standard InChI is InChI=1S/C16H17F2N3OS/c17-9-6-7-11(12(18)8-9)13(22)14-15(19)21-16(23-14)20-10-4-2-1-3-5-10/h6-8,10H,1-5,19H2,(H,20,21). The first-order valence-electron chi connectivity index (χ1n) is 7.57. The highest BCUT2D eigenvalue weighted by Gasteiger charge is 2.22. The van der Waals surface area contributed by atoms with E-state index in [4.69, 9.17) is 5.73 Å². The van der Waals surface area contributed by atoms with Gasteiger partial charge in [0.15, 0.2) is 5.13 Å². The summed E-state index contributed by atoms with van der Waals surface area (Å²) in [6.45, 7) is 0. The number of rotatable bonds is 4. The predicted octanol–water partition coefficient (Wildman–Crippen LogP) is 3.98. The first-order chi connectivity index (χ1) is 11.0. The van der Waals surface area contributed by atoms with E-state index < -0.39 is 17.4 Å². The average Bonchev–Trinajstić information content (AvgIpc) is 2.88. The number of aromatic nitrogens is 1. The number of thiazole rings is 1. The fourth-order valence-corrected chi connectivity index (χ4v) is 3.69. The number of hydrogen-bond donors (Lipinski definition) is 2. The van der Waals surface area contributed by atoms with Crippen LogP contribution in [-0.2, 0) is 0 Å². The molecule has 7 heteroatoms. The molecule has 0 radical (unpaired) electrons. The molecule has 3 N–H and O–H groups in total. The summed E-state index contributed by atoms with van der Waals surface area (Å²) in [5.74, 6) is -2.13. The SMILES string of the molecule is Nc1nc(NC2CCCCC2)sc1C(=O)c1ccc(F)cc1F. The van der Waals surface area contributed by atoms with E-state index in [2.05, 4.69) is 10.3 Å². The molecule has 0 aliphatic heterocycles. The largest absolute Gasteiger partial charge is 0.382 e. The number of ketones is 1. The van der Waals surface area contributed by atoms with Gasteiger partial charge < -0.3 is 11.1 Å². The van der Waals surface area contributed by atoms with Crippen molar-refractivity contribution in [2.75, 3.05) is 11.1 Å². The first-order valence-corrected chi connectivity index (χ1v) is 8.39. The maximum absolute atomic E-state index is 13.8. The van der Waals surface area contributed by atoms with Crippen LogP contribution in [0.15, 0.2) is 18.2 Å². The van der Waals surface area contributed by atoms with E-state index in [1.165, 1.54) is 19.3 Å². The number of nitrogens with zero attached hydrogens (tertiary/aromatic N) is 1. The van der Waals surface area contributed by atoms with Crippen molar-refractivity contribution < 1.29 is 13.6 Å². The van der Waals surface area contributed by atoms with E-state index in [9.17, 15) is 13.6 Å². The minimum Gasteiger partial charge on any atom is -0.382 e. The van der Waals surface area contributed by atoms with Gasteiger partial charge in [0.05, 0.1) is 5.56 Å². The summed E-state index contributed by atoms with van der Waals surface area (Å²) in [6.07, 6.45) is 5.71. The molecule has 1 aromatic heterocycles. The second-order valence-corrected chi connectivity index (χ2v) is 6.67. The van der Waals surface area contributed by atoms with Gasteiger partial charge in [-0.05, 0) is 25.0 Å². The van der Waals surface area contributed by atoms with E-state index >= 15 is 0 Å². The van der Waals surface area contributed by atoms with E-state index in [1.54, 1.807) is 0 Å². The molecule has 0 atom stereocenters. The molecule has 1 aliphatic rings. The molecule has 4 nitrogen and oxygen atoms in total. The minimum absolute atomic E-state index is 0.0713. The van der Waals surface area contributed by atoms with Crippen LogP contribution in [0.5, 0.6) is 0 Å². The number of nitrogens with one attached hydrogen (secondary N) is 1. The van der Waals surface area contributed by atoms with Crippen LogP contribution in [0.2, 0.25) is 0 Å². The van der Waals surface area contributed by atoms with Gasteiger partial charge >= 0.3 is 0 Å². The molecule has 23 heavy (non-hydrogen) atoms. The highest BCUT2D eigenvalue weighted by atomic mass is 32.1. The van der Waals surface area contributed by atoms with Crippen LogP contribution in [0.3, 0.4) is 0 Å². The highest BCUT2D eigenvalue weighted by molar-refractivity contribution is 7.18. The Morgan fingerprint density at radius 1 is 1.26 bits per heavy atom. The van der Waals surface area contributed by atoms with Crippen molar-refractivity contribution in [1.29, 1.82) is 0 Å².